The minimum Gasteiger partial charge on any atom is -0.459 e. The molecule has 0 aromatic rings. The highest BCUT2D eigenvalue weighted by atomic mass is 16.5. The molecule has 2 heteroatoms. The van der Waals surface area contributed by atoms with E-state index in [1.54, 1.807) is 6.08 Å². The van der Waals surface area contributed by atoms with Gasteiger partial charge in [-0.25, -0.2) is 4.79 Å². The monoisotopic (exact) mass is 280 g/mol. The van der Waals surface area contributed by atoms with Crippen molar-refractivity contribution >= 4 is 5.97 Å². The first-order valence-electron chi connectivity index (χ1n) is 8.50. The lowest BCUT2D eigenvalue weighted by atomic mass is 9.82. The summed E-state index contributed by atoms with van der Waals surface area (Å²) in [6, 6.07) is 0. The van der Waals surface area contributed by atoms with Gasteiger partial charge < -0.3 is 4.74 Å². The van der Waals surface area contributed by atoms with Crippen molar-refractivity contribution in [2.24, 2.45) is 11.8 Å². The van der Waals surface area contributed by atoms with Gasteiger partial charge in [-0.3, -0.25) is 0 Å². The highest BCUT2D eigenvalue weighted by Gasteiger charge is 2.27. The summed E-state index contributed by atoms with van der Waals surface area (Å²) in [6.07, 6.45) is 14.6. The van der Waals surface area contributed by atoms with Crippen LogP contribution in [-0.4, -0.2) is 12.1 Å². The second kappa shape index (κ2) is 10.0. The van der Waals surface area contributed by atoms with Gasteiger partial charge in [0.25, 0.3) is 0 Å². The average molecular weight is 280 g/mol. The summed E-state index contributed by atoms with van der Waals surface area (Å²) in [4.78, 5) is 11.8. The van der Waals surface area contributed by atoms with E-state index in [0.717, 1.165) is 12.8 Å². The van der Waals surface area contributed by atoms with Crippen molar-refractivity contribution in [2.75, 3.05) is 0 Å². The first kappa shape index (κ1) is 17.3. The predicted molar refractivity (Wildman–Crippen MR) is 84.6 cm³/mol. The van der Waals surface area contributed by atoms with Crippen LogP contribution in [0.25, 0.3) is 0 Å². The Morgan fingerprint density at radius 1 is 1.15 bits per heavy atom. The molecule has 0 N–H and O–H groups in total. The Balaban J connectivity index is 2.15. The maximum atomic E-state index is 11.8. The normalized spacial score (nSPS) is 26.9. The second-order valence-electron chi connectivity index (χ2n) is 6.48. The molecule has 0 bridgehead atoms. The Kier molecular flexibility index (Phi) is 8.64. The van der Waals surface area contributed by atoms with E-state index >= 15 is 0 Å². The van der Waals surface area contributed by atoms with E-state index in [1.165, 1.54) is 44.9 Å². The van der Waals surface area contributed by atoms with Crippen molar-refractivity contribution in [2.45, 2.75) is 84.7 Å². The van der Waals surface area contributed by atoms with Gasteiger partial charge in [0.15, 0.2) is 0 Å². The van der Waals surface area contributed by atoms with Gasteiger partial charge in [0, 0.05) is 6.08 Å². The summed E-state index contributed by atoms with van der Waals surface area (Å²) in [5.41, 5.74) is 0. The van der Waals surface area contributed by atoms with E-state index in [9.17, 15) is 4.79 Å². The van der Waals surface area contributed by atoms with Crippen LogP contribution in [0.15, 0.2) is 12.2 Å². The van der Waals surface area contributed by atoms with Gasteiger partial charge in [0.1, 0.15) is 6.10 Å². The van der Waals surface area contributed by atoms with E-state index in [2.05, 4.69) is 20.8 Å². The summed E-state index contributed by atoms with van der Waals surface area (Å²) in [5, 5.41) is 0. The van der Waals surface area contributed by atoms with Crippen molar-refractivity contribution in [3.05, 3.63) is 12.2 Å². The molecule has 0 aromatic carbocycles. The van der Waals surface area contributed by atoms with Crippen LogP contribution >= 0.6 is 0 Å². The molecule has 0 aliphatic heterocycles. The molecule has 1 rings (SSSR count). The Hall–Kier alpha value is -0.790. The topological polar surface area (TPSA) is 26.3 Å². The Morgan fingerprint density at radius 3 is 2.65 bits per heavy atom. The summed E-state index contributed by atoms with van der Waals surface area (Å²) < 4.78 is 5.59. The fourth-order valence-electron chi connectivity index (χ4n) is 2.88. The largest absolute Gasteiger partial charge is 0.459 e. The number of hydrogen-bond acceptors (Lipinski definition) is 2. The van der Waals surface area contributed by atoms with Gasteiger partial charge in [-0.1, -0.05) is 59.0 Å². The summed E-state index contributed by atoms with van der Waals surface area (Å²) >= 11 is 0. The number of unbranched alkanes of at least 4 members (excludes halogenated alkanes) is 5. The maximum absolute atomic E-state index is 11.8. The molecule has 20 heavy (non-hydrogen) atoms. The number of esters is 1. The molecule has 1 saturated carbocycles. The number of hydrogen-bond donors (Lipinski definition) is 0. The predicted octanol–water partition coefficient (Wildman–Crippen LogP) is 5.27. The van der Waals surface area contributed by atoms with Crippen LogP contribution in [0, 0.1) is 11.8 Å². The van der Waals surface area contributed by atoms with Gasteiger partial charge in [-0.15, -0.1) is 0 Å². The summed E-state index contributed by atoms with van der Waals surface area (Å²) in [6.45, 7) is 6.67. The van der Waals surface area contributed by atoms with E-state index < -0.39 is 0 Å². The minimum atomic E-state index is -0.149. The molecule has 2 nitrogen and oxygen atoms in total. The van der Waals surface area contributed by atoms with Crippen LogP contribution in [0.2, 0.25) is 0 Å². The third-order valence-electron chi connectivity index (χ3n) is 4.38. The van der Waals surface area contributed by atoms with Crippen LogP contribution in [0.4, 0.5) is 0 Å². The maximum Gasteiger partial charge on any atom is 0.330 e. The molecule has 0 aromatic heterocycles. The molecular weight excluding hydrogens is 248 g/mol. The Morgan fingerprint density at radius 2 is 1.90 bits per heavy atom. The van der Waals surface area contributed by atoms with Gasteiger partial charge in [0.2, 0.25) is 0 Å². The van der Waals surface area contributed by atoms with E-state index in [4.69, 9.17) is 4.74 Å². The second-order valence-corrected chi connectivity index (χ2v) is 6.48. The third kappa shape index (κ3) is 7.12. The zero-order chi connectivity index (χ0) is 14.8. The van der Waals surface area contributed by atoms with Crippen molar-refractivity contribution in [3.8, 4) is 0 Å². The van der Waals surface area contributed by atoms with E-state index in [0.29, 0.717) is 11.8 Å². The SMILES string of the molecule is CCCCCCCC=CC(=O)OC1CC(C)CCC1C. The molecule has 1 fully saturated rings. The number of rotatable bonds is 8. The lowest BCUT2D eigenvalue weighted by molar-refractivity contribution is -0.147. The highest BCUT2D eigenvalue weighted by molar-refractivity contribution is 5.82. The fraction of sp³-hybridized carbons (Fsp3) is 0.833. The average Bonchev–Trinajstić information content (AvgIpc) is 2.42. The minimum absolute atomic E-state index is 0.125. The number of carbonyl (C=O) groups excluding carboxylic acids is 1. The van der Waals surface area contributed by atoms with Gasteiger partial charge in [0.05, 0.1) is 0 Å². The zero-order valence-corrected chi connectivity index (χ0v) is 13.6. The van der Waals surface area contributed by atoms with E-state index in [-0.39, 0.29) is 12.1 Å². The van der Waals surface area contributed by atoms with Crippen LogP contribution in [0.5, 0.6) is 0 Å². The fourth-order valence-corrected chi connectivity index (χ4v) is 2.88. The van der Waals surface area contributed by atoms with Gasteiger partial charge in [-0.05, 0) is 37.5 Å². The van der Waals surface area contributed by atoms with Crippen LogP contribution < -0.4 is 0 Å². The van der Waals surface area contributed by atoms with Crippen molar-refractivity contribution in [3.63, 3.8) is 0 Å². The van der Waals surface area contributed by atoms with Crippen molar-refractivity contribution in [1.82, 2.24) is 0 Å². The molecule has 1 aliphatic rings. The number of allylic oxidation sites excluding steroid dienone is 1. The molecule has 0 heterocycles. The summed E-state index contributed by atoms with van der Waals surface area (Å²) in [7, 11) is 0. The first-order valence-corrected chi connectivity index (χ1v) is 8.50. The van der Waals surface area contributed by atoms with E-state index in [1.807, 2.05) is 6.08 Å². The molecular formula is C18H32O2. The van der Waals surface area contributed by atoms with Gasteiger partial charge >= 0.3 is 5.97 Å². The lowest BCUT2D eigenvalue weighted by Gasteiger charge is -2.31. The number of carbonyl (C=O) groups is 1. The summed E-state index contributed by atoms with van der Waals surface area (Å²) in [5.74, 6) is 1.05. The molecule has 3 unspecified atom stereocenters. The zero-order valence-electron chi connectivity index (χ0n) is 13.6. The van der Waals surface area contributed by atoms with Crippen molar-refractivity contribution in [1.29, 1.82) is 0 Å². The van der Waals surface area contributed by atoms with Crippen molar-refractivity contribution < 1.29 is 9.53 Å². The molecule has 116 valence electrons. The lowest BCUT2D eigenvalue weighted by Crippen LogP contribution is -2.30. The highest BCUT2D eigenvalue weighted by Crippen LogP contribution is 2.30. The van der Waals surface area contributed by atoms with Gasteiger partial charge in [-0.2, -0.15) is 0 Å². The Labute approximate surface area is 125 Å². The standard InChI is InChI=1S/C18H32O2/c1-4-5-6-7-8-9-10-11-18(19)20-17-14-15(2)12-13-16(17)3/h10-11,15-17H,4-9,12-14H2,1-3H3. The van der Waals surface area contributed by atoms with Crippen LogP contribution in [0.1, 0.15) is 78.6 Å². The van der Waals surface area contributed by atoms with Crippen LogP contribution in [0.3, 0.4) is 0 Å². The molecule has 0 saturated heterocycles. The molecule has 1 aliphatic carbocycles. The molecule has 0 radical (unpaired) electrons. The molecule has 0 amide bonds. The first-order chi connectivity index (χ1) is 9.63. The number of ether oxygens (including phenoxy) is 1. The van der Waals surface area contributed by atoms with Crippen LogP contribution in [-0.2, 0) is 9.53 Å². The Bertz CT molecular complexity index is 296. The molecule has 0 spiro atoms. The smallest absolute Gasteiger partial charge is 0.330 e. The third-order valence-corrected chi connectivity index (χ3v) is 4.38. The molecule has 3 atom stereocenters. The quantitative estimate of drug-likeness (QED) is 0.344.